The van der Waals surface area contributed by atoms with E-state index in [2.05, 4.69) is 4.99 Å². The number of phenols is 1. The highest BCUT2D eigenvalue weighted by molar-refractivity contribution is 5.86. The summed E-state index contributed by atoms with van der Waals surface area (Å²) >= 11 is 0. The number of hydrogen-bond acceptors (Lipinski definition) is 2. The Kier molecular flexibility index (Phi) is 4.02. The van der Waals surface area contributed by atoms with Crippen molar-refractivity contribution in [1.29, 1.82) is 0 Å². The number of benzene rings is 2. The molecule has 0 aromatic heterocycles. The molecule has 0 bridgehead atoms. The van der Waals surface area contributed by atoms with Crippen LogP contribution in [-0.2, 0) is 6.18 Å². The predicted octanol–water partition coefficient (Wildman–Crippen LogP) is 4.78. The largest absolute Gasteiger partial charge is 0.507 e. The molecular formula is C16H14F3NO. The first-order valence-corrected chi connectivity index (χ1v) is 6.29. The van der Waals surface area contributed by atoms with Gasteiger partial charge in [-0.15, -0.1) is 0 Å². The highest BCUT2D eigenvalue weighted by Gasteiger charge is 2.32. The van der Waals surface area contributed by atoms with Gasteiger partial charge in [-0.25, -0.2) is 0 Å². The molecule has 0 amide bonds. The molecule has 110 valence electrons. The molecule has 0 aliphatic rings. The van der Waals surface area contributed by atoms with E-state index in [1.165, 1.54) is 24.4 Å². The first-order chi connectivity index (χ1) is 9.79. The molecule has 2 aromatic rings. The van der Waals surface area contributed by atoms with Crippen LogP contribution in [-0.4, -0.2) is 11.3 Å². The zero-order chi connectivity index (χ0) is 15.6. The Bertz CT molecular complexity index is 690. The Morgan fingerprint density at radius 2 is 1.76 bits per heavy atom. The second kappa shape index (κ2) is 5.60. The van der Waals surface area contributed by atoms with Crippen LogP contribution in [0.4, 0.5) is 18.9 Å². The lowest BCUT2D eigenvalue weighted by Gasteiger charge is -2.09. The minimum absolute atomic E-state index is 0.0221. The molecule has 21 heavy (non-hydrogen) atoms. The molecule has 5 heteroatoms. The maximum atomic E-state index is 12.9. The molecule has 1 N–H and O–H groups in total. The van der Waals surface area contributed by atoms with Crippen LogP contribution in [0.25, 0.3) is 0 Å². The summed E-state index contributed by atoms with van der Waals surface area (Å²) in [6, 6.07) is 8.53. The van der Waals surface area contributed by atoms with Crippen LogP contribution in [0.15, 0.2) is 41.4 Å². The van der Waals surface area contributed by atoms with E-state index in [0.29, 0.717) is 11.1 Å². The fourth-order valence-electron chi connectivity index (χ4n) is 2.06. The van der Waals surface area contributed by atoms with Crippen molar-refractivity contribution in [1.82, 2.24) is 0 Å². The van der Waals surface area contributed by atoms with E-state index < -0.39 is 11.7 Å². The van der Waals surface area contributed by atoms with Crippen molar-refractivity contribution in [3.05, 3.63) is 58.7 Å². The number of aliphatic imine (C=N–C) groups is 1. The topological polar surface area (TPSA) is 32.6 Å². The average Bonchev–Trinajstić information content (AvgIpc) is 2.40. The van der Waals surface area contributed by atoms with Gasteiger partial charge in [-0.1, -0.05) is 18.2 Å². The van der Waals surface area contributed by atoms with E-state index in [9.17, 15) is 18.3 Å². The number of rotatable bonds is 2. The summed E-state index contributed by atoms with van der Waals surface area (Å²) in [5.74, 6) is 0.0221. The maximum absolute atomic E-state index is 12.9. The first kappa shape index (κ1) is 15.1. The second-order valence-electron chi connectivity index (χ2n) is 4.79. The van der Waals surface area contributed by atoms with Gasteiger partial charge in [0.2, 0.25) is 0 Å². The predicted molar refractivity (Wildman–Crippen MR) is 76.3 cm³/mol. The Morgan fingerprint density at radius 1 is 1.10 bits per heavy atom. The maximum Gasteiger partial charge on any atom is 0.418 e. The van der Waals surface area contributed by atoms with Crippen molar-refractivity contribution in [2.45, 2.75) is 20.0 Å². The average molecular weight is 293 g/mol. The lowest BCUT2D eigenvalue weighted by atomic mass is 10.1. The molecule has 2 rings (SSSR count). The van der Waals surface area contributed by atoms with Gasteiger partial charge in [-0.05, 0) is 43.2 Å². The Labute approximate surface area is 120 Å². The van der Waals surface area contributed by atoms with Gasteiger partial charge in [-0.3, -0.25) is 4.99 Å². The van der Waals surface area contributed by atoms with Crippen molar-refractivity contribution < 1.29 is 18.3 Å². The lowest BCUT2D eigenvalue weighted by molar-refractivity contribution is -0.137. The molecule has 0 radical (unpaired) electrons. The summed E-state index contributed by atoms with van der Waals surface area (Å²) in [6.45, 7) is 3.57. The van der Waals surface area contributed by atoms with E-state index in [4.69, 9.17) is 0 Å². The highest BCUT2D eigenvalue weighted by Crippen LogP contribution is 2.36. The molecule has 0 fully saturated rings. The number of alkyl halides is 3. The van der Waals surface area contributed by atoms with E-state index in [0.717, 1.165) is 11.6 Å². The van der Waals surface area contributed by atoms with Crippen LogP contribution in [0, 0.1) is 13.8 Å². The molecule has 0 unspecified atom stereocenters. The summed E-state index contributed by atoms with van der Waals surface area (Å²) in [7, 11) is 0. The van der Waals surface area contributed by atoms with E-state index in [-0.39, 0.29) is 11.4 Å². The summed E-state index contributed by atoms with van der Waals surface area (Å²) in [5.41, 5.74) is 0.967. The van der Waals surface area contributed by atoms with Crippen molar-refractivity contribution in [2.24, 2.45) is 4.99 Å². The van der Waals surface area contributed by atoms with E-state index >= 15 is 0 Å². The number of aryl methyl sites for hydroxylation is 2. The zero-order valence-corrected chi connectivity index (χ0v) is 11.6. The van der Waals surface area contributed by atoms with Crippen LogP contribution in [0.5, 0.6) is 5.75 Å². The van der Waals surface area contributed by atoms with Gasteiger partial charge in [0.1, 0.15) is 5.75 Å². The first-order valence-electron chi connectivity index (χ1n) is 6.29. The van der Waals surface area contributed by atoms with Gasteiger partial charge >= 0.3 is 6.18 Å². The highest BCUT2D eigenvalue weighted by atomic mass is 19.4. The minimum atomic E-state index is -4.46. The number of hydrogen-bond donors (Lipinski definition) is 1. The summed E-state index contributed by atoms with van der Waals surface area (Å²) < 4.78 is 38.6. The molecule has 0 saturated heterocycles. The Balaban J connectivity index is 2.44. The molecule has 0 atom stereocenters. The van der Waals surface area contributed by atoms with Crippen molar-refractivity contribution >= 4 is 11.9 Å². The monoisotopic (exact) mass is 293 g/mol. The van der Waals surface area contributed by atoms with E-state index in [1.807, 2.05) is 6.92 Å². The molecular weight excluding hydrogens is 279 g/mol. The van der Waals surface area contributed by atoms with Crippen LogP contribution in [0.3, 0.4) is 0 Å². The van der Waals surface area contributed by atoms with Crippen molar-refractivity contribution in [2.75, 3.05) is 0 Å². The second-order valence-corrected chi connectivity index (χ2v) is 4.79. The molecule has 0 aliphatic heterocycles. The van der Waals surface area contributed by atoms with Crippen molar-refractivity contribution in [3.63, 3.8) is 0 Å². The quantitative estimate of drug-likeness (QED) is 0.794. The third-order valence-corrected chi connectivity index (χ3v) is 3.03. The lowest BCUT2D eigenvalue weighted by Crippen LogP contribution is -2.04. The van der Waals surface area contributed by atoms with Crippen molar-refractivity contribution in [3.8, 4) is 5.75 Å². The number of aromatic hydroxyl groups is 1. The Hall–Kier alpha value is -2.30. The molecule has 0 heterocycles. The summed E-state index contributed by atoms with van der Waals surface area (Å²) in [6.07, 6.45) is -3.21. The zero-order valence-electron chi connectivity index (χ0n) is 11.6. The normalized spacial score (nSPS) is 12.0. The molecule has 0 saturated carbocycles. The summed E-state index contributed by atoms with van der Waals surface area (Å²) in [5, 5.41) is 9.92. The van der Waals surface area contributed by atoms with Gasteiger partial charge in [0, 0.05) is 11.8 Å². The fraction of sp³-hybridized carbons (Fsp3) is 0.188. The van der Waals surface area contributed by atoms with Gasteiger partial charge in [0.25, 0.3) is 0 Å². The fourth-order valence-corrected chi connectivity index (χ4v) is 2.06. The van der Waals surface area contributed by atoms with Crippen LogP contribution < -0.4 is 0 Å². The number of phenolic OH excluding ortho intramolecular Hbond substituents is 1. The smallest absolute Gasteiger partial charge is 0.418 e. The minimum Gasteiger partial charge on any atom is -0.507 e. The molecule has 2 aromatic carbocycles. The third-order valence-electron chi connectivity index (χ3n) is 3.03. The van der Waals surface area contributed by atoms with Crippen LogP contribution in [0.1, 0.15) is 22.3 Å². The third kappa shape index (κ3) is 3.42. The number of halogens is 3. The van der Waals surface area contributed by atoms with Gasteiger partial charge in [0.15, 0.2) is 0 Å². The molecule has 2 nitrogen and oxygen atoms in total. The van der Waals surface area contributed by atoms with E-state index in [1.54, 1.807) is 19.1 Å². The SMILES string of the molecule is Cc1cc(C)c(O)c(C=Nc2ccccc2C(F)(F)F)c1. The Morgan fingerprint density at radius 3 is 2.43 bits per heavy atom. The van der Waals surface area contributed by atoms with Crippen LogP contribution in [0.2, 0.25) is 0 Å². The standard InChI is InChI=1S/C16H14F3NO/c1-10-7-11(2)15(21)12(8-10)9-20-14-6-4-3-5-13(14)16(17,18)19/h3-9,21H,1-2H3. The number of para-hydroxylation sites is 1. The summed E-state index contributed by atoms with van der Waals surface area (Å²) in [4.78, 5) is 3.88. The van der Waals surface area contributed by atoms with Crippen LogP contribution >= 0.6 is 0 Å². The molecule has 0 spiro atoms. The van der Waals surface area contributed by atoms with Gasteiger partial charge in [-0.2, -0.15) is 13.2 Å². The number of nitrogens with zero attached hydrogens (tertiary/aromatic N) is 1. The van der Waals surface area contributed by atoms with Gasteiger partial charge < -0.3 is 5.11 Å². The van der Waals surface area contributed by atoms with Gasteiger partial charge in [0.05, 0.1) is 11.3 Å². The molecule has 0 aliphatic carbocycles.